The van der Waals surface area contributed by atoms with Crippen LogP contribution in [0.5, 0.6) is 0 Å². The van der Waals surface area contributed by atoms with E-state index in [2.05, 4.69) is 215 Å². The molecule has 1 aliphatic heterocycles. The minimum absolute atomic E-state index is 0.626. The minimum Gasteiger partial charge on any atom is -0.295 e. The van der Waals surface area contributed by atoms with E-state index in [1.54, 1.807) is 0 Å². The van der Waals surface area contributed by atoms with Crippen molar-refractivity contribution in [3.05, 3.63) is 212 Å². The minimum atomic E-state index is 0.626. The molecule has 294 valence electrons. The van der Waals surface area contributed by atoms with Gasteiger partial charge in [0.05, 0.1) is 16.7 Å². The molecule has 1 aliphatic rings. The fourth-order valence-electron chi connectivity index (χ4n) is 9.51. The number of nitrogens with zero attached hydrogens (tertiary/aromatic N) is 5. The second-order valence-electron chi connectivity index (χ2n) is 16.0. The smallest absolute Gasteiger partial charge is 0.164 e. The zero-order valence-corrected chi connectivity index (χ0v) is 34.7. The molecule has 5 nitrogen and oxygen atoms in total. The predicted molar refractivity (Wildman–Crippen MR) is 260 cm³/mol. The molecule has 0 saturated heterocycles. The summed E-state index contributed by atoms with van der Waals surface area (Å²) in [4.78, 5) is 18.1. The maximum atomic E-state index is 5.24. The van der Waals surface area contributed by atoms with Crippen molar-refractivity contribution in [1.82, 2.24) is 24.1 Å². The van der Waals surface area contributed by atoms with Gasteiger partial charge in [0, 0.05) is 48.3 Å². The van der Waals surface area contributed by atoms with Crippen molar-refractivity contribution in [2.45, 2.75) is 9.79 Å². The average molecular weight is 822 g/mol. The highest BCUT2D eigenvalue weighted by Crippen LogP contribution is 2.52. The van der Waals surface area contributed by atoms with Gasteiger partial charge in [0.25, 0.3) is 0 Å². The molecule has 0 saturated carbocycles. The van der Waals surface area contributed by atoms with E-state index in [9.17, 15) is 0 Å². The van der Waals surface area contributed by atoms with Crippen molar-refractivity contribution >= 4 is 55.4 Å². The van der Waals surface area contributed by atoms with Crippen LogP contribution >= 0.6 is 11.8 Å². The Bertz CT molecular complexity index is 3750. The van der Waals surface area contributed by atoms with E-state index in [-0.39, 0.29) is 0 Å². The fraction of sp³-hybridized carbons (Fsp3) is 0. The molecular formula is C57H35N5S. The van der Waals surface area contributed by atoms with Crippen LogP contribution in [0.25, 0.3) is 111 Å². The summed E-state index contributed by atoms with van der Waals surface area (Å²) in [6.45, 7) is 0. The Balaban J connectivity index is 0.987. The van der Waals surface area contributed by atoms with Gasteiger partial charge in [0.1, 0.15) is 5.65 Å². The van der Waals surface area contributed by atoms with Crippen molar-refractivity contribution < 1.29 is 0 Å². The van der Waals surface area contributed by atoms with Gasteiger partial charge in [-0.3, -0.25) is 9.13 Å². The average Bonchev–Trinajstić information content (AvgIpc) is 3.88. The molecule has 0 radical (unpaired) electrons. The van der Waals surface area contributed by atoms with Gasteiger partial charge in [-0.25, -0.2) is 15.0 Å². The van der Waals surface area contributed by atoms with Crippen LogP contribution in [0.4, 0.5) is 0 Å². The van der Waals surface area contributed by atoms with Gasteiger partial charge in [-0.1, -0.05) is 188 Å². The molecule has 0 spiro atoms. The summed E-state index contributed by atoms with van der Waals surface area (Å²) in [5.74, 6) is 1.90. The van der Waals surface area contributed by atoms with Gasteiger partial charge >= 0.3 is 0 Å². The van der Waals surface area contributed by atoms with E-state index < -0.39 is 0 Å². The maximum absolute atomic E-state index is 5.24. The molecule has 13 rings (SSSR count). The summed E-state index contributed by atoms with van der Waals surface area (Å²) >= 11 is 1.85. The van der Waals surface area contributed by atoms with E-state index in [0.717, 1.165) is 49.8 Å². The SMILES string of the molecule is c1ccc(-c2ccc(-c3nc(-c4cccc(-c5cccc6c5Sc5cccc7c8c9ccccc9n(-c9ccccc9)c8n-6c57)c4)nc(-c4cccc5ccccc45)n3)cc2)cc1. The number of aromatic nitrogens is 5. The summed E-state index contributed by atoms with van der Waals surface area (Å²) in [6.07, 6.45) is 0. The topological polar surface area (TPSA) is 48.5 Å². The monoisotopic (exact) mass is 821 g/mol. The van der Waals surface area contributed by atoms with E-state index in [0.29, 0.717) is 17.5 Å². The molecule has 0 amide bonds. The molecule has 0 aliphatic carbocycles. The third kappa shape index (κ3) is 5.69. The normalized spacial score (nSPS) is 12.1. The van der Waals surface area contributed by atoms with Crippen LogP contribution < -0.4 is 0 Å². The standard InChI is InChI=1S/C57H35N5S/c1-3-15-36(16-4-1)37-31-33-39(34-32-37)54-58-55(60-56(59-54)45-26-12-18-38-17-7-8-23-43(38)45)41-20-11-19-40(35-41)44-25-13-29-49-53(44)63-50-30-14-27-47-51-46-24-9-10-28-48(46)61(42-21-5-2-6-22-42)57(51)62(49)52(47)50/h1-35H. The first kappa shape index (κ1) is 35.7. The number of rotatable bonds is 6. The lowest BCUT2D eigenvalue weighted by Crippen LogP contribution is -2.06. The second kappa shape index (κ2) is 14.3. The first-order valence-corrected chi connectivity index (χ1v) is 22.0. The molecule has 0 atom stereocenters. The Labute approximate surface area is 367 Å². The van der Waals surface area contributed by atoms with Crippen LogP contribution in [0.2, 0.25) is 0 Å². The lowest BCUT2D eigenvalue weighted by Gasteiger charge is -2.23. The second-order valence-corrected chi connectivity index (χ2v) is 17.0. The summed E-state index contributed by atoms with van der Waals surface area (Å²) in [5, 5.41) is 6.03. The zero-order valence-electron chi connectivity index (χ0n) is 33.9. The number of hydrogen-bond acceptors (Lipinski definition) is 4. The Hall–Kier alpha value is -8.06. The molecule has 63 heavy (non-hydrogen) atoms. The molecule has 0 unspecified atom stereocenters. The van der Waals surface area contributed by atoms with Crippen LogP contribution in [0.3, 0.4) is 0 Å². The molecule has 4 heterocycles. The van der Waals surface area contributed by atoms with E-state index >= 15 is 0 Å². The lowest BCUT2D eigenvalue weighted by molar-refractivity contribution is 1.03. The van der Waals surface area contributed by atoms with Crippen LogP contribution in [0.1, 0.15) is 0 Å². The highest BCUT2D eigenvalue weighted by Gasteiger charge is 2.29. The fourth-order valence-corrected chi connectivity index (χ4v) is 10.7. The lowest BCUT2D eigenvalue weighted by atomic mass is 10.0. The van der Waals surface area contributed by atoms with Gasteiger partial charge in [0.2, 0.25) is 0 Å². The molecule has 6 heteroatoms. The van der Waals surface area contributed by atoms with Crippen molar-refractivity contribution in [3.8, 4) is 67.8 Å². The maximum Gasteiger partial charge on any atom is 0.164 e. The van der Waals surface area contributed by atoms with Gasteiger partial charge in [-0.05, 0) is 69.4 Å². The summed E-state index contributed by atoms with van der Waals surface area (Å²) in [5.41, 5.74) is 13.3. The van der Waals surface area contributed by atoms with Crippen LogP contribution in [0, 0.1) is 0 Å². The predicted octanol–water partition coefficient (Wildman–Crippen LogP) is 14.9. The third-order valence-corrected chi connectivity index (χ3v) is 13.5. The van der Waals surface area contributed by atoms with Crippen LogP contribution in [-0.2, 0) is 0 Å². The molecule has 3 aromatic heterocycles. The Morgan fingerprint density at radius 1 is 0.381 bits per heavy atom. The Morgan fingerprint density at radius 2 is 0.968 bits per heavy atom. The van der Waals surface area contributed by atoms with Gasteiger partial charge < -0.3 is 0 Å². The van der Waals surface area contributed by atoms with Crippen LogP contribution in [-0.4, -0.2) is 24.1 Å². The van der Waals surface area contributed by atoms with E-state index in [4.69, 9.17) is 15.0 Å². The highest BCUT2D eigenvalue weighted by molar-refractivity contribution is 8.00. The number of fused-ring (bicyclic) bond motifs is 8. The van der Waals surface area contributed by atoms with Crippen LogP contribution in [0.15, 0.2) is 222 Å². The highest BCUT2D eigenvalue weighted by atomic mass is 32.2. The quantitative estimate of drug-likeness (QED) is 0.168. The van der Waals surface area contributed by atoms with Crippen molar-refractivity contribution in [2.24, 2.45) is 0 Å². The molecule has 9 aromatic carbocycles. The van der Waals surface area contributed by atoms with Gasteiger partial charge in [-0.2, -0.15) is 0 Å². The summed E-state index contributed by atoms with van der Waals surface area (Å²) < 4.78 is 4.94. The molecule has 0 N–H and O–H groups in total. The Morgan fingerprint density at radius 3 is 1.83 bits per heavy atom. The Kier molecular flexibility index (Phi) is 8.08. The molecular weight excluding hydrogens is 787 g/mol. The number of para-hydroxylation sites is 3. The van der Waals surface area contributed by atoms with Gasteiger partial charge in [0.15, 0.2) is 17.5 Å². The molecule has 0 fully saturated rings. The third-order valence-electron chi connectivity index (χ3n) is 12.4. The van der Waals surface area contributed by atoms with Crippen molar-refractivity contribution in [3.63, 3.8) is 0 Å². The zero-order chi connectivity index (χ0) is 41.4. The number of hydrogen-bond donors (Lipinski definition) is 0. The van der Waals surface area contributed by atoms with E-state index in [1.165, 1.54) is 53.9 Å². The molecule has 12 aromatic rings. The first-order chi connectivity index (χ1) is 31.2. The van der Waals surface area contributed by atoms with Crippen molar-refractivity contribution in [1.29, 1.82) is 0 Å². The summed E-state index contributed by atoms with van der Waals surface area (Å²) in [6, 6.07) is 75.4. The van der Waals surface area contributed by atoms with Gasteiger partial charge in [-0.15, -0.1) is 0 Å². The first-order valence-electron chi connectivity index (χ1n) is 21.2. The van der Waals surface area contributed by atoms with E-state index in [1.807, 2.05) is 17.8 Å². The van der Waals surface area contributed by atoms with Crippen molar-refractivity contribution in [2.75, 3.05) is 0 Å². The molecule has 0 bridgehead atoms. The summed E-state index contributed by atoms with van der Waals surface area (Å²) in [7, 11) is 0. The largest absolute Gasteiger partial charge is 0.295 e. The number of benzene rings is 9.